The van der Waals surface area contributed by atoms with E-state index in [1.165, 1.54) is 25.5 Å². The molecule has 1 N–H and O–H groups in total. The first-order valence-corrected chi connectivity index (χ1v) is 5.51. The molecule has 1 aromatic heterocycles. The van der Waals surface area contributed by atoms with Gasteiger partial charge >= 0.3 is 0 Å². The molecule has 0 fully saturated rings. The molecule has 2 aromatic rings. The third kappa shape index (κ3) is 1.90. The van der Waals surface area contributed by atoms with Gasteiger partial charge in [0.2, 0.25) is 0 Å². The van der Waals surface area contributed by atoms with Gasteiger partial charge in [-0.3, -0.25) is 0 Å². The van der Waals surface area contributed by atoms with Gasteiger partial charge in [0, 0.05) is 15.6 Å². The molecule has 0 saturated heterocycles. The zero-order valence-corrected chi connectivity index (χ0v) is 10.2. The number of halogens is 2. The van der Waals surface area contributed by atoms with Crippen LogP contribution in [0.1, 0.15) is 18.1 Å². The molecule has 1 heterocycles. The van der Waals surface area contributed by atoms with Gasteiger partial charge in [0.25, 0.3) is 0 Å². The number of hydrogen-bond donors (Lipinski definition) is 1. The summed E-state index contributed by atoms with van der Waals surface area (Å²) in [6.45, 7) is 1.53. The SMILES string of the molecule is CC(O)(c1ccoc1)c1cc(Br)ccc1F. The Labute approximate surface area is 101 Å². The minimum Gasteiger partial charge on any atom is -0.472 e. The number of aliphatic hydroxyl groups is 1. The van der Waals surface area contributed by atoms with Crippen LogP contribution in [0, 0.1) is 5.82 Å². The molecule has 0 bridgehead atoms. The predicted octanol–water partition coefficient (Wildman–Crippen LogP) is 3.44. The topological polar surface area (TPSA) is 33.4 Å². The van der Waals surface area contributed by atoms with Crippen LogP contribution in [0.3, 0.4) is 0 Å². The second kappa shape index (κ2) is 4.03. The molecular weight excluding hydrogens is 275 g/mol. The largest absolute Gasteiger partial charge is 0.472 e. The minimum absolute atomic E-state index is 0.211. The zero-order chi connectivity index (χ0) is 11.8. The summed E-state index contributed by atoms with van der Waals surface area (Å²) in [5, 5.41) is 10.3. The lowest BCUT2D eigenvalue weighted by Gasteiger charge is -2.23. The second-order valence-corrected chi connectivity index (χ2v) is 4.62. The summed E-state index contributed by atoms with van der Waals surface area (Å²) in [4.78, 5) is 0. The van der Waals surface area contributed by atoms with Crippen LogP contribution in [-0.2, 0) is 5.60 Å². The molecule has 0 aliphatic heterocycles. The highest BCUT2D eigenvalue weighted by Gasteiger charge is 2.29. The summed E-state index contributed by atoms with van der Waals surface area (Å²) in [7, 11) is 0. The van der Waals surface area contributed by atoms with Gasteiger partial charge in [-0.1, -0.05) is 15.9 Å². The van der Waals surface area contributed by atoms with E-state index in [1.54, 1.807) is 18.2 Å². The highest BCUT2D eigenvalue weighted by molar-refractivity contribution is 9.10. The quantitative estimate of drug-likeness (QED) is 0.917. The molecule has 0 aliphatic carbocycles. The summed E-state index contributed by atoms with van der Waals surface area (Å²) in [5.74, 6) is -0.450. The van der Waals surface area contributed by atoms with E-state index >= 15 is 0 Å². The first-order chi connectivity index (χ1) is 7.51. The van der Waals surface area contributed by atoms with Crippen molar-refractivity contribution >= 4 is 15.9 Å². The van der Waals surface area contributed by atoms with E-state index in [0.29, 0.717) is 10.0 Å². The van der Waals surface area contributed by atoms with Crippen LogP contribution in [-0.4, -0.2) is 5.11 Å². The average Bonchev–Trinajstić information content (AvgIpc) is 2.75. The van der Waals surface area contributed by atoms with Crippen molar-refractivity contribution in [2.24, 2.45) is 0 Å². The van der Waals surface area contributed by atoms with Crippen LogP contribution < -0.4 is 0 Å². The number of rotatable bonds is 2. The summed E-state index contributed by atoms with van der Waals surface area (Å²) in [5.41, 5.74) is -0.672. The average molecular weight is 285 g/mol. The Kier molecular flexibility index (Phi) is 2.86. The molecule has 1 aromatic carbocycles. The molecule has 1 atom stereocenters. The maximum absolute atomic E-state index is 13.6. The van der Waals surface area contributed by atoms with Gasteiger partial charge in [-0.2, -0.15) is 0 Å². The molecule has 1 unspecified atom stereocenters. The minimum atomic E-state index is -1.40. The van der Waals surface area contributed by atoms with Crippen molar-refractivity contribution in [3.63, 3.8) is 0 Å². The van der Waals surface area contributed by atoms with Crippen molar-refractivity contribution in [2.45, 2.75) is 12.5 Å². The zero-order valence-electron chi connectivity index (χ0n) is 8.58. The van der Waals surface area contributed by atoms with Gasteiger partial charge in [0.05, 0.1) is 12.5 Å². The van der Waals surface area contributed by atoms with Crippen LogP contribution in [0.25, 0.3) is 0 Å². The Morgan fingerprint density at radius 2 is 2.12 bits per heavy atom. The first-order valence-electron chi connectivity index (χ1n) is 4.72. The third-order valence-corrected chi connectivity index (χ3v) is 3.03. The first kappa shape index (κ1) is 11.4. The van der Waals surface area contributed by atoms with Gasteiger partial charge in [0.15, 0.2) is 0 Å². The van der Waals surface area contributed by atoms with Crippen molar-refractivity contribution in [3.05, 3.63) is 58.2 Å². The van der Waals surface area contributed by atoms with Gasteiger partial charge in [-0.25, -0.2) is 4.39 Å². The standard InChI is InChI=1S/C12H10BrFO2/c1-12(15,8-4-5-16-7-8)10-6-9(13)2-3-11(10)14/h2-7,15H,1H3. The fraction of sp³-hybridized carbons (Fsp3) is 0.167. The highest BCUT2D eigenvalue weighted by atomic mass is 79.9. The van der Waals surface area contributed by atoms with E-state index in [0.717, 1.165) is 0 Å². The Morgan fingerprint density at radius 1 is 1.38 bits per heavy atom. The van der Waals surface area contributed by atoms with Gasteiger partial charge in [0.1, 0.15) is 11.4 Å². The summed E-state index contributed by atoms with van der Waals surface area (Å²) < 4.78 is 19.3. The Hall–Kier alpha value is -1.13. The van der Waals surface area contributed by atoms with Crippen LogP contribution in [0.4, 0.5) is 4.39 Å². The summed E-state index contributed by atoms with van der Waals surface area (Å²) in [6.07, 6.45) is 2.85. The van der Waals surface area contributed by atoms with Gasteiger partial charge in [-0.05, 0) is 31.2 Å². The Balaban J connectivity index is 2.55. The lowest BCUT2D eigenvalue weighted by Crippen LogP contribution is -2.23. The smallest absolute Gasteiger partial charge is 0.129 e. The van der Waals surface area contributed by atoms with Crippen molar-refractivity contribution in [1.82, 2.24) is 0 Å². The maximum atomic E-state index is 13.6. The van der Waals surface area contributed by atoms with Crippen molar-refractivity contribution in [1.29, 1.82) is 0 Å². The molecule has 84 valence electrons. The summed E-state index contributed by atoms with van der Waals surface area (Å²) >= 11 is 3.25. The van der Waals surface area contributed by atoms with E-state index in [4.69, 9.17) is 4.42 Å². The molecule has 0 saturated carbocycles. The van der Waals surface area contributed by atoms with Crippen molar-refractivity contribution < 1.29 is 13.9 Å². The summed E-state index contributed by atoms with van der Waals surface area (Å²) in [6, 6.07) is 6.07. The predicted molar refractivity (Wildman–Crippen MR) is 61.5 cm³/mol. The molecule has 0 amide bonds. The van der Waals surface area contributed by atoms with E-state index in [-0.39, 0.29) is 5.56 Å². The monoisotopic (exact) mass is 284 g/mol. The Bertz CT molecular complexity index is 492. The molecular formula is C12H10BrFO2. The van der Waals surface area contributed by atoms with E-state index in [2.05, 4.69) is 15.9 Å². The molecule has 2 nitrogen and oxygen atoms in total. The van der Waals surface area contributed by atoms with Gasteiger partial charge < -0.3 is 9.52 Å². The molecule has 4 heteroatoms. The molecule has 2 rings (SSSR count). The number of benzene rings is 1. The molecule has 16 heavy (non-hydrogen) atoms. The van der Waals surface area contributed by atoms with Crippen LogP contribution in [0.5, 0.6) is 0 Å². The molecule has 0 spiro atoms. The van der Waals surface area contributed by atoms with Crippen LogP contribution >= 0.6 is 15.9 Å². The van der Waals surface area contributed by atoms with Crippen molar-refractivity contribution in [2.75, 3.05) is 0 Å². The van der Waals surface area contributed by atoms with E-state index < -0.39 is 11.4 Å². The fourth-order valence-corrected chi connectivity index (χ4v) is 1.93. The van der Waals surface area contributed by atoms with Crippen LogP contribution in [0.15, 0.2) is 45.7 Å². The highest BCUT2D eigenvalue weighted by Crippen LogP contribution is 2.32. The second-order valence-electron chi connectivity index (χ2n) is 3.71. The van der Waals surface area contributed by atoms with Gasteiger partial charge in [-0.15, -0.1) is 0 Å². The number of furan rings is 1. The lowest BCUT2D eigenvalue weighted by molar-refractivity contribution is 0.0972. The van der Waals surface area contributed by atoms with E-state index in [1.807, 2.05) is 0 Å². The Morgan fingerprint density at radius 3 is 2.75 bits per heavy atom. The fourth-order valence-electron chi connectivity index (χ4n) is 1.57. The normalized spacial score (nSPS) is 14.8. The lowest BCUT2D eigenvalue weighted by atomic mass is 9.90. The molecule has 0 radical (unpaired) electrons. The van der Waals surface area contributed by atoms with E-state index in [9.17, 15) is 9.50 Å². The third-order valence-electron chi connectivity index (χ3n) is 2.54. The maximum Gasteiger partial charge on any atom is 0.129 e. The van der Waals surface area contributed by atoms with Crippen molar-refractivity contribution in [3.8, 4) is 0 Å². The number of hydrogen-bond acceptors (Lipinski definition) is 2. The van der Waals surface area contributed by atoms with Crippen LogP contribution in [0.2, 0.25) is 0 Å². The molecule has 0 aliphatic rings.